The average molecular weight is 241 g/mol. The third kappa shape index (κ3) is 3.59. The number of primary amides is 1. The van der Waals surface area contributed by atoms with E-state index in [9.17, 15) is 4.79 Å². The molecule has 2 atom stereocenters. The van der Waals surface area contributed by atoms with E-state index in [1.807, 2.05) is 6.92 Å². The lowest BCUT2D eigenvalue weighted by molar-refractivity contribution is -0.131. The summed E-state index contributed by atoms with van der Waals surface area (Å²) in [5, 5.41) is 6.53. The average Bonchev–Trinajstić information content (AvgIpc) is 2.35. The molecule has 3 N–H and O–H groups in total. The van der Waals surface area contributed by atoms with Gasteiger partial charge in [0.1, 0.15) is 5.54 Å². The van der Waals surface area contributed by atoms with Crippen molar-refractivity contribution in [1.82, 2.24) is 5.32 Å². The van der Waals surface area contributed by atoms with Crippen molar-refractivity contribution >= 4 is 5.91 Å². The van der Waals surface area contributed by atoms with Gasteiger partial charge in [0.05, 0.1) is 6.10 Å². The van der Waals surface area contributed by atoms with Gasteiger partial charge in [0.2, 0.25) is 5.91 Å². The number of azide groups is 1. The molecule has 0 saturated carbocycles. The minimum absolute atomic E-state index is 0.0585. The van der Waals surface area contributed by atoms with Crippen LogP contribution in [-0.4, -0.2) is 37.2 Å². The van der Waals surface area contributed by atoms with Crippen molar-refractivity contribution in [2.45, 2.75) is 37.8 Å². The number of carbonyl (C=O) groups excluding carboxylic acids is 1. The zero-order valence-corrected chi connectivity index (χ0v) is 10.1. The molecular weight excluding hydrogens is 222 g/mol. The molecule has 0 aliphatic carbocycles. The summed E-state index contributed by atoms with van der Waals surface area (Å²) in [5.74, 6) is -0.361. The molecule has 1 aliphatic rings. The van der Waals surface area contributed by atoms with E-state index in [1.165, 1.54) is 0 Å². The van der Waals surface area contributed by atoms with E-state index in [0.717, 1.165) is 6.42 Å². The van der Waals surface area contributed by atoms with E-state index >= 15 is 0 Å². The highest BCUT2D eigenvalue weighted by Gasteiger charge is 2.40. The Morgan fingerprint density at radius 1 is 1.76 bits per heavy atom. The van der Waals surface area contributed by atoms with Crippen LogP contribution in [0.15, 0.2) is 5.11 Å². The van der Waals surface area contributed by atoms with Crippen molar-refractivity contribution in [3.05, 3.63) is 10.4 Å². The van der Waals surface area contributed by atoms with Gasteiger partial charge in [-0.05, 0) is 18.4 Å². The highest BCUT2D eigenvalue weighted by atomic mass is 16.5. The molecule has 0 aromatic carbocycles. The van der Waals surface area contributed by atoms with Gasteiger partial charge in [-0.2, -0.15) is 0 Å². The molecule has 1 rings (SSSR count). The first-order valence-electron chi connectivity index (χ1n) is 5.82. The van der Waals surface area contributed by atoms with E-state index in [2.05, 4.69) is 15.3 Å². The van der Waals surface area contributed by atoms with Gasteiger partial charge in [0, 0.05) is 31.0 Å². The summed E-state index contributed by atoms with van der Waals surface area (Å²) in [6, 6.07) is 0. The number of amides is 1. The van der Waals surface area contributed by atoms with Crippen molar-refractivity contribution in [3.63, 3.8) is 0 Å². The third-order valence-corrected chi connectivity index (χ3v) is 3.12. The summed E-state index contributed by atoms with van der Waals surface area (Å²) in [6.45, 7) is 3.30. The van der Waals surface area contributed by atoms with Crippen molar-refractivity contribution < 1.29 is 9.53 Å². The Balaban J connectivity index is 2.61. The van der Waals surface area contributed by atoms with Crippen LogP contribution in [0.2, 0.25) is 0 Å². The predicted octanol–water partition coefficient (Wildman–Crippen LogP) is 0.699. The quantitative estimate of drug-likeness (QED) is 0.309. The van der Waals surface area contributed by atoms with Crippen LogP contribution in [0.25, 0.3) is 10.4 Å². The van der Waals surface area contributed by atoms with Crippen LogP contribution in [-0.2, 0) is 9.53 Å². The molecule has 7 nitrogen and oxygen atoms in total. The molecule has 1 aliphatic heterocycles. The van der Waals surface area contributed by atoms with Gasteiger partial charge in [-0.3, -0.25) is 4.79 Å². The lowest BCUT2D eigenvalue weighted by Gasteiger charge is -2.39. The highest BCUT2D eigenvalue weighted by Crippen LogP contribution is 2.26. The van der Waals surface area contributed by atoms with E-state index in [1.54, 1.807) is 0 Å². The van der Waals surface area contributed by atoms with Gasteiger partial charge in [-0.1, -0.05) is 12.0 Å². The molecule has 0 bridgehead atoms. The first-order valence-corrected chi connectivity index (χ1v) is 5.82. The number of carbonyl (C=O) groups is 1. The Bertz CT molecular complexity index is 316. The van der Waals surface area contributed by atoms with Crippen molar-refractivity contribution in [2.24, 2.45) is 10.8 Å². The Kier molecular flexibility index (Phi) is 5.21. The summed E-state index contributed by atoms with van der Waals surface area (Å²) in [6.07, 6.45) is 2.06. The lowest BCUT2D eigenvalue weighted by Crippen LogP contribution is -2.60. The van der Waals surface area contributed by atoms with Crippen LogP contribution in [0.4, 0.5) is 0 Å². The lowest BCUT2D eigenvalue weighted by atomic mass is 9.85. The van der Waals surface area contributed by atoms with Crippen LogP contribution in [0, 0.1) is 0 Å². The maximum absolute atomic E-state index is 11.6. The fourth-order valence-corrected chi connectivity index (χ4v) is 2.07. The molecule has 0 aromatic heterocycles. The molecule has 1 fully saturated rings. The second-order valence-electron chi connectivity index (χ2n) is 4.18. The van der Waals surface area contributed by atoms with Crippen LogP contribution >= 0.6 is 0 Å². The fourth-order valence-electron chi connectivity index (χ4n) is 2.07. The molecule has 1 amide bonds. The summed E-state index contributed by atoms with van der Waals surface area (Å²) >= 11 is 0. The molecule has 1 heterocycles. The Morgan fingerprint density at radius 2 is 2.53 bits per heavy atom. The molecule has 0 aromatic rings. The van der Waals surface area contributed by atoms with Crippen LogP contribution in [0.5, 0.6) is 0 Å². The highest BCUT2D eigenvalue weighted by molar-refractivity contribution is 5.84. The smallest absolute Gasteiger partial charge is 0.237 e. The van der Waals surface area contributed by atoms with Gasteiger partial charge >= 0.3 is 0 Å². The normalized spacial score (nSPS) is 28.4. The number of hydrogen-bond acceptors (Lipinski definition) is 4. The number of nitrogens with one attached hydrogen (secondary N) is 1. The molecule has 0 spiro atoms. The SMILES string of the molecule is CCC1CC(NCCN=[N+]=[N-])(C(N)=O)CCO1. The molecule has 0 radical (unpaired) electrons. The van der Waals surface area contributed by atoms with E-state index in [4.69, 9.17) is 16.0 Å². The molecule has 7 heteroatoms. The zero-order valence-electron chi connectivity index (χ0n) is 10.1. The topological polar surface area (TPSA) is 113 Å². The Morgan fingerprint density at radius 3 is 3.12 bits per heavy atom. The largest absolute Gasteiger partial charge is 0.378 e. The van der Waals surface area contributed by atoms with E-state index in [-0.39, 0.29) is 12.0 Å². The minimum atomic E-state index is -0.718. The standard InChI is InChI=1S/C10H19N5O2/c1-2-8-7-10(9(11)16,3-6-17-8)13-4-5-14-15-12/h8,13H,2-7H2,1H3,(H2,11,16). The minimum Gasteiger partial charge on any atom is -0.378 e. The zero-order chi connectivity index (χ0) is 12.7. The van der Waals surface area contributed by atoms with Crippen molar-refractivity contribution in [1.29, 1.82) is 0 Å². The number of ether oxygens (including phenoxy) is 1. The fraction of sp³-hybridized carbons (Fsp3) is 0.900. The van der Waals surface area contributed by atoms with Gasteiger partial charge in [-0.25, -0.2) is 0 Å². The molecule has 2 unspecified atom stereocenters. The maximum Gasteiger partial charge on any atom is 0.237 e. The number of rotatable bonds is 6. The van der Waals surface area contributed by atoms with Crippen LogP contribution in [0.1, 0.15) is 26.2 Å². The Hall–Kier alpha value is -1.30. The summed E-state index contributed by atoms with van der Waals surface area (Å²) in [5.41, 5.74) is 12.9. The van der Waals surface area contributed by atoms with Gasteiger partial charge in [0.15, 0.2) is 0 Å². The second-order valence-corrected chi connectivity index (χ2v) is 4.18. The van der Waals surface area contributed by atoms with Gasteiger partial charge in [-0.15, -0.1) is 0 Å². The van der Waals surface area contributed by atoms with E-state index < -0.39 is 5.54 Å². The monoisotopic (exact) mass is 241 g/mol. The molecule has 96 valence electrons. The maximum atomic E-state index is 11.6. The second kappa shape index (κ2) is 6.44. The molecule has 1 saturated heterocycles. The number of nitrogens with zero attached hydrogens (tertiary/aromatic N) is 3. The summed E-state index contributed by atoms with van der Waals surface area (Å²) in [4.78, 5) is 14.3. The number of nitrogens with two attached hydrogens (primary N) is 1. The predicted molar refractivity (Wildman–Crippen MR) is 63.2 cm³/mol. The Labute approximate surface area is 100 Å². The third-order valence-electron chi connectivity index (χ3n) is 3.12. The van der Waals surface area contributed by atoms with Gasteiger partial charge < -0.3 is 15.8 Å². The van der Waals surface area contributed by atoms with Crippen LogP contribution < -0.4 is 11.1 Å². The van der Waals surface area contributed by atoms with E-state index in [0.29, 0.717) is 32.5 Å². The first-order chi connectivity index (χ1) is 8.14. The summed E-state index contributed by atoms with van der Waals surface area (Å²) < 4.78 is 5.53. The molecular formula is C10H19N5O2. The first kappa shape index (κ1) is 13.8. The van der Waals surface area contributed by atoms with Gasteiger partial charge in [0.25, 0.3) is 0 Å². The van der Waals surface area contributed by atoms with Crippen molar-refractivity contribution in [3.8, 4) is 0 Å². The van der Waals surface area contributed by atoms with Crippen molar-refractivity contribution in [2.75, 3.05) is 19.7 Å². The van der Waals surface area contributed by atoms with Crippen LogP contribution in [0.3, 0.4) is 0 Å². The number of hydrogen-bond donors (Lipinski definition) is 2. The molecule has 17 heavy (non-hydrogen) atoms. The summed E-state index contributed by atoms with van der Waals surface area (Å²) in [7, 11) is 0.